The Kier molecular flexibility index (Phi) is 4.59. The van der Waals surface area contributed by atoms with Crippen molar-refractivity contribution in [2.45, 2.75) is 6.54 Å². The number of carbonyl (C=O) groups excluding carboxylic acids is 1. The van der Waals surface area contributed by atoms with E-state index in [4.69, 9.17) is 9.72 Å². The summed E-state index contributed by atoms with van der Waals surface area (Å²) in [6.45, 7) is 0.429. The number of fused-ring (bicyclic) bond motifs is 2. The molecule has 0 unspecified atom stereocenters. The lowest BCUT2D eigenvalue weighted by molar-refractivity contribution is -0.135. The van der Waals surface area contributed by atoms with Crippen molar-refractivity contribution in [2.24, 2.45) is 0 Å². The second-order valence-electron chi connectivity index (χ2n) is 6.21. The number of rotatable bonds is 5. The Morgan fingerprint density at radius 2 is 1.88 bits per heavy atom. The van der Waals surface area contributed by atoms with Crippen LogP contribution in [0.1, 0.15) is 5.56 Å². The van der Waals surface area contributed by atoms with Crippen molar-refractivity contribution in [1.82, 2.24) is 9.88 Å². The van der Waals surface area contributed by atoms with Crippen molar-refractivity contribution in [3.63, 3.8) is 0 Å². The fourth-order valence-corrected chi connectivity index (χ4v) is 3.48. The highest BCUT2D eigenvalue weighted by Crippen LogP contribution is 2.24. The van der Waals surface area contributed by atoms with Crippen LogP contribution >= 0.6 is 15.9 Å². The maximum absolute atomic E-state index is 13.0. The van der Waals surface area contributed by atoms with Crippen molar-refractivity contribution in [3.8, 4) is 0 Å². The van der Waals surface area contributed by atoms with E-state index >= 15 is 0 Å². The van der Waals surface area contributed by atoms with Gasteiger partial charge in [-0.2, -0.15) is 0 Å². The summed E-state index contributed by atoms with van der Waals surface area (Å²) in [6.07, 6.45) is 1.43. The monoisotopic (exact) mass is 414 g/mol. The number of aromatic nitrogens is 1. The fourth-order valence-electron chi connectivity index (χ4n) is 3.13. The molecule has 1 aromatic heterocycles. The van der Waals surface area contributed by atoms with Gasteiger partial charge >= 0.3 is 5.97 Å². The number of hydrogen-bond acceptors (Lipinski definition) is 4. The molecular formula is C20H16BrFN2O2. The number of nitrogens with zero attached hydrogens (tertiary/aromatic N) is 2. The van der Waals surface area contributed by atoms with Crippen molar-refractivity contribution in [3.05, 3.63) is 64.3 Å². The van der Waals surface area contributed by atoms with E-state index in [9.17, 15) is 9.18 Å². The van der Waals surface area contributed by atoms with Crippen molar-refractivity contribution < 1.29 is 13.9 Å². The largest absolute Gasteiger partial charge is 0.456 e. The minimum absolute atomic E-state index is 0.198. The van der Waals surface area contributed by atoms with Crippen molar-refractivity contribution in [2.75, 3.05) is 19.8 Å². The molecule has 0 atom stereocenters. The molecule has 4 rings (SSSR count). The quantitative estimate of drug-likeness (QED) is 0.459. The van der Waals surface area contributed by atoms with Gasteiger partial charge in [0.05, 0.1) is 16.7 Å². The predicted octanol–water partition coefficient (Wildman–Crippen LogP) is 4.36. The summed E-state index contributed by atoms with van der Waals surface area (Å²) < 4.78 is 18.9. The zero-order valence-corrected chi connectivity index (χ0v) is 15.5. The smallest absolute Gasteiger partial charge is 0.333 e. The minimum Gasteiger partial charge on any atom is -0.456 e. The van der Waals surface area contributed by atoms with Gasteiger partial charge < -0.3 is 9.64 Å². The third-order valence-corrected chi connectivity index (χ3v) is 4.91. The number of benzene rings is 2. The van der Waals surface area contributed by atoms with E-state index in [0.717, 1.165) is 31.8 Å². The van der Waals surface area contributed by atoms with Gasteiger partial charge in [-0.3, -0.25) is 0 Å². The molecule has 0 N–H and O–H groups in total. The minimum atomic E-state index is -0.490. The Hall–Kier alpha value is -2.47. The van der Waals surface area contributed by atoms with Crippen LogP contribution in [-0.4, -0.2) is 35.7 Å². The van der Waals surface area contributed by atoms with Gasteiger partial charge in [-0.25, -0.2) is 14.2 Å². The van der Waals surface area contributed by atoms with Crippen LogP contribution in [-0.2, 0) is 16.1 Å². The van der Waals surface area contributed by atoms with E-state index in [1.54, 1.807) is 0 Å². The van der Waals surface area contributed by atoms with Gasteiger partial charge in [0.15, 0.2) is 0 Å². The number of esters is 1. The molecule has 6 heteroatoms. The lowest BCUT2D eigenvalue weighted by Gasteiger charge is -2.23. The first-order valence-electron chi connectivity index (χ1n) is 8.29. The van der Waals surface area contributed by atoms with Gasteiger partial charge in [-0.15, -0.1) is 0 Å². The van der Waals surface area contributed by atoms with Crippen LogP contribution in [0.5, 0.6) is 0 Å². The summed E-state index contributed by atoms with van der Waals surface area (Å²) in [5, 5.41) is 2.14. The number of alkyl halides is 1. The highest BCUT2D eigenvalue weighted by Gasteiger charge is 2.19. The van der Waals surface area contributed by atoms with Crippen LogP contribution in [0.3, 0.4) is 0 Å². The molecule has 2 heterocycles. The zero-order chi connectivity index (χ0) is 18.1. The van der Waals surface area contributed by atoms with Crippen LogP contribution in [0.15, 0.2) is 58.7 Å². The van der Waals surface area contributed by atoms with E-state index in [0.29, 0.717) is 12.2 Å². The molecule has 0 aliphatic carbocycles. The van der Waals surface area contributed by atoms with Crippen molar-refractivity contribution in [1.29, 1.82) is 0 Å². The first-order valence-corrected chi connectivity index (χ1v) is 9.09. The number of carbonyl (C=O) groups is 1. The molecular weight excluding hydrogens is 399 g/mol. The van der Waals surface area contributed by atoms with E-state index in [1.807, 2.05) is 41.3 Å². The summed E-state index contributed by atoms with van der Waals surface area (Å²) >= 11 is 3.48. The first-order chi connectivity index (χ1) is 12.6. The predicted molar refractivity (Wildman–Crippen MR) is 102 cm³/mol. The van der Waals surface area contributed by atoms with Crippen molar-refractivity contribution >= 4 is 43.7 Å². The lowest BCUT2D eigenvalue weighted by Crippen LogP contribution is -2.25. The zero-order valence-electron chi connectivity index (χ0n) is 13.9. The Morgan fingerprint density at radius 1 is 1.12 bits per heavy atom. The number of hydrogen-bond donors (Lipinski definition) is 0. The highest BCUT2D eigenvalue weighted by atomic mass is 79.9. The van der Waals surface area contributed by atoms with Crippen LogP contribution in [0, 0.1) is 0 Å². The van der Waals surface area contributed by atoms with Gasteiger partial charge in [0.2, 0.25) is 0 Å². The highest BCUT2D eigenvalue weighted by molar-refractivity contribution is 9.10. The van der Waals surface area contributed by atoms with E-state index in [2.05, 4.69) is 22.0 Å². The average molecular weight is 415 g/mol. The molecule has 0 bridgehead atoms. The summed E-state index contributed by atoms with van der Waals surface area (Å²) in [5.41, 5.74) is 3.53. The second-order valence-corrected chi connectivity index (χ2v) is 7.12. The fraction of sp³-hybridized carbons (Fsp3) is 0.200. The Balaban J connectivity index is 1.68. The molecule has 132 valence electrons. The third-order valence-electron chi connectivity index (χ3n) is 4.42. The molecule has 3 aromatic rings. The van der Waals surface area contributed by atoms with Crippen LogP contribution < -0.4 is 0 Å². The van der Waals surface area contributed by atoms with Gasteiger partial charge in [0, 0.05) is 34.4 Å². The lowest BCUT2D eigenvalue weighted by atomic mass is 10.1. The van der Waals surface area contributed by atoms with Gasteiger partial charge in [0.25, 0.3) is 0 Å². The molecule has 2 aromatic carbocycles. The Morgan fingerprint density at radius 3 is 2.62 bits per heavy atom. The SMILES string of the molecule is O=C1C=C(N(CCF)Cc2ccc3cc4ccc(Br)cc4nc3c2)CO1. The topological polar surface area (TPSA) is 42.4 Å². The van der Waals surface area contributed by atoms with Crippen LogP contribution in [0.2, 0.25) is 0 Å². The van der Waals surface area contributed by atoms with E-state index < -0.39 is 6.67 Å². The summed E-state index contributed by atoms with van der Waals surface area (Å²) in [4.78, 5) is 17.9. The molecule has 0 radical (unpaired) electrons. The molecule has 26 heavy (non-hydrogen) atoms. The average Bonchev–Trinajstić information content (AvgIpc) is 3.06. The molecule has 0 saturated carbocycles. The standard InChI is InChI=1S/C20H16BrFN2O2/c21-16-4-3-15-8-14-2-1-13(7-18(14)23-19(15)9-16)11-24(6-5-22)17-10-20(25)26-12-17/h1-4,7-10H,5-6,11-12H2. The second kappa shape index (κ2) is 7.03. The number of ether oxygens (including phenoxy) is 1. The first kappa shape index (κ1) is 17.0. The normalized spacial score (nSPS) is 13.9. The molecule has 0 saturated heterocycles. The molecule has 0 fully saturated rings. The Bertz CT molecular complexity index is 1030. The van der Waals surface area contributed by atoms with Gasteiger partial charge in [-0.1, -0.05) is 34.1 Å². The molecule has 0 amide bonds. The number of pyridine rings is 1. The van der Waals surface area contributed by atoms with Crippen LogP contribution in [0.4, 0.5) is 4.39 Å². The molecule has 0 spiro atoms. The third kappa shape index (κ3) is 3.42. The number of halogens is 2. The summed E-state index contributed by atoms with van der Waals surface area (Å²) in [7, 11) is 0. The summed E-state index contributed by atoms with van der Waals surface area (Å²) in [5.74, 6) is -0.374. The number of cyclic esters (lactones) is 1. The maximum atomic E-state index is 13.0. The van der Waals surface area contributed by atoms with E-state index in [-0.39, 0.29) is 19.1 Å². The summed E-state index contributed by atoms with van der Waals surface area (Å²) in [6, 6.07) is 14.2. The Labute approximate surface area is 158 Å². The molecule has 1 aliphatic rings. The molecule has 4 nitrogen and oxygen atoms in total. The van der Waals surface area contributed by atoms with Gasteiger partial charge in [-0.05, 0) is 29.8 Å². The van der Waals surface area contributed by atoms with Crippen LogP contribution in [0.25, 0.3) is 21.8 Å². The van der Waals surface area contributed by atoms with E-state index in [1.165, 1.54) is 6.08 Å². The maximum Gasteiger partial charge on any atom is 0.333 e. The van der Waals surface area contributed by atoms with Gasteiger partial charge in [0.1, 0.15) is 13.3 Å². The molecule has 1 aliphatic heterocycles.